The number of hydrogen-bond donors (Lipinski definition) is 3. The second kappa shape index (κ2) is 7.74. The molecule has 1 heterocycles. The molecule has 1 fully saturated rings. The number of nitrogens with zero attached hydrogens (tertiary/aromatic N) is 2. The SMILES string of the molecule is OCC1CCCCC1NCC(O)COc1cnsn1. The van der Waals surface area contributed by atoms with Crippen molar-refractivity contribution in [1.82, 2.24) is 14.1 Å². The Kier molecular flexibility index (Phi) is 5.96. The molecule has 3 N–H and O–H groups in total. The second-order valence-corrected chi connectivity index (χ2v) is 5.51. The van der Waals surface area contributed by atoms with Gasteiger partial charge in [0.15, 0.2) is 0 Å². The Morgan fingerprint density at radius 3 is 3.05 bits per heavy atom. The van der Waals surface area contributed by atoms with Gasteiger partial charge in [-0.1, -0.05) is 12.8 Å². The molecule has 1 saturated carbocycles. The highest BCUT2D eigenvalue weighted by atomic mass is 32.1. The molecule has 0 bridgehead atoms. The van der Waals surface area contributed by atoms with E-state index in [1.165, 1.54) is 19.0 Å². The van der Waals surface area contributed by atoms with Gasteiger partial charge in [0.2, 0.25) is 5.88 Å². The van der Waals surface area contributed by atoms with Gasteiger partial charge in [-0.25, -0.2) is 0 Å². The lowest BCUT2D eigenvalue weighted by Crippen LogP contribution is -2.44. The lowest BCUT2D eigenvalue weighted by molar-refractivity contribution is 0.0892. The Morgan fingerprint density at radius 1 is 1.47 bits per heavy atom. The number of ether oxygens (including phenoxy) is 1. The van der Waals surface area contributed by atoms with Gasteiger partial charge < -0.3 is 20.3 Å². The van der Waals surface area contributed by atoms with Crippen molar-refractivity contribution in [2.45, 2.75) is 37.8 Å². The van der Waals surface area contributed by atoms with E-state index in [1.54, 1.807) is 0 Å². The van der Waals surface area contributed by atoms with Gasteiger partial charge in [-0.05, 0) is 18.8 Å². The van der Waals surface area contributed by atoms with Crippen LogP contribution < -0.4 is 10.1 Å². The van der Waals surface area contributed by atoms with Crippen molar-refractivity contribution >= 4 is 11.7 Å². The quantitative estimate of drug-likeness (QED) is 0.673. The van der Waals surface area contributed by atoms with Crippen LogP contribution in [0.3, 0.4) is 0 Å². The Bertz CT molecular complexity index is 350. The van der Waals surface area contributed by atoms with Gasteiger partial charge in [0.1, 0.15) is 18.9 Å². The molecule has 0 saturated heterocycles. The predicted molar refractivity (Wildman–Crippen MR) is 72.2 cm³/mol. The minimum absolute atomic E-state index is 0.203. The van der Waals surface area contributed by atoms with Crippen molar-refractivity contribution in [3.63, 3.8) is 0 Å². The lowest BCUT2D eigenvalue weighted by atomic mass is 9.85. The van der Waals surface area contributed by atoms with Crippen LogP contribution in [-0.4, -0.2) is 50.9 Å². The molecule has 0 aliphatic heterocycles. The third-order valence-corrected chi connectivity index (χ3v) is 3.99. The highest BCUT2D eigenvalue weighted by Gasteiger charge is 2.24. The van der Waals surface area contributed by atoms with Gasteiger partial charge in [-0.3, -0.25) is 0 Å². The molecule has 108 valence electrons. The first-order valence-electron chi connectivity index (χ1n) is 6.72. The molecule has 0 radical (unpaired) electrons. The molecular weight excluding hydrogens is 266 g/mol. The molecule has 19 heavy (non-hydrogen) atoms. The number of aliphatic hydroxyl groups is 2. The highest BCUT2D eigenvalue weighted by molar-refractivity contribution is 6.99. The monoisotopic (exact) mass is 287 g/mol. The van der Waals surface area contributed by atoms with Gasteiger partial charge in [0.25, 0.3) is 0 Å². The van der Waals surface area contributed by atoms with E-state index in [-0.39, 0.29) is 13.2 Å². The van der Waals surface area contributed by atoms with E-state index >= 15 is 0 Å². The summed E-state index contributed by atoms with van der Waals surface area (Å²) in [4.78, 5) is 0. The average Bonchev–Trinajstić information content (AvgIpc) is 2.96. The maximum absolute atomic E-state index is 9.84. The van der Waals surface area contributed by atoms with Crippen molar-refractivity contribution < 1.29 is 14.9 Å². The van der Waals surface area contributed by atoms with Crippen molar-refractivity contribution in [3.8, 4) is 5.88 Å². The number of aromatic nitrogens is 2. The maximum Gasteiger partial charge on any atom is 0.245 e. The molecule has 0 spiro atoms. The van der Waals surface area contributed by atoms with E-state index < -0.39 is 6.10 Å². The second-order valence-electron chi connectivity index (χ2n) is 4.95. The average molecular weight is 287 g/mol. The Balaban J connectivity index is 1.66. The molecule has 6 nitrogen and oxygen atoms in total. The molecule has 0 amide bonds. The summed E-state index contributed by atoms with van der Waals surface area (Å²) in [5.41, 5.74) is 0. The van der Waals surface area contributed by atoms with E-state index in [0.29, 0.717) is 24.4 Å². The Hall–Kier alpha value is -0.760. The van der Waals surface area contributed by atoms with E-state index in [1.807, 2.05) is 0 Å². The van der Waals surface area contributed by atoms with Gasteiger partial charge in [-0.15, -0.1) is 4.37 Å². The summed E-state index contributed by atoms with van der Waals surface area (Å²) in [6.07, 6.45) is 5.45. The summed E-state index contributed by atoms with van der Waals surface area (Å²) >= 11 is 1.08. The summed E-state index contributed by atoms with van der Waals surface area (Å²) in [7, 11) is 0. The molecule has 1 aliphatic carbocycles. The largest absolute Gasteiger partial charge is 0.473 e. The molecule has 7 heteroatoms. The zero-order valence-electron chi connectivity index (χ0n) is 10.9. The first-order valence-corrected chi connectivity index (χ1v) is 7.45. The smallest absolute Gasteiger partial charge is 0.245 e. The van der Waals surface area contributed by atoms with E-state index in [4.69, 9.17) is 4.74 Å². The van der Waals surface area contributed by atoms with Crippen LogP contribution in [0.4, 0.5) is 0 Å². The molecule has 3 unspecified atom stereocenters. The van der Waals surface area contributed by atoms with Crippen LogP contribution in [0.15, 0.2) is 6.20 Å². The van der Waals surface area contributed by atoms with E-state index in [2.05, 4.69) is 14.1 Å². The first kappa shape index (κ1) is 14.6. The summed E-state index contributed by atoms with van der Waals surface area (Å²) < 4.78 is 13.0. The summed E-state index contributed by atoms with van der Waals surface area (Å²) in [5.74, 6) is 0.763. The third-order valence-electron chi connectivity index (χ3n) is 3.52. The van der Waals surface area contributed by atoms with Gasteiger partial charge >= 0.3 is 0 Å². The fourth-order valence-corrected chi connectivity index (χ4v) is 2.81. The van der Waals surface area contributed by atoms with Gasteiger partial charge in [0, 0.05) is 19.2 Å². The molecule has 1 aliphatic rings. The van der Waals surface area contributed by atoms with Crippen LogP contribution in [0.25, 0.3) is 0 Å². The zero-order chi connectivity index (χ0) is 13.5. The van der Waals surface area contributed by atoms with Crippen molar-refractivity contribution in [2.24, 2.45) is 5.92 Å². The molecule has 1 aromatic rings. The summed E-state index contributed by atoms with van der Waals surface area (Å²) in [6, 6.07) is 0.300. The zero-order valence-corrected chi connectivity index (χ0v) is 11.7. The van der Waals surface area contributed by atoms with Crippen molar-refractivity contribution in [3.05, 3.63) is 6.20 Å². The predicted octanol–water partition coefficient (Wildman–Crippen LogP) is 0.418. The van der Waals surface area contributed by atoms with Crippen LogP contribution in [-0.2, 0) is 0 Å². The Labute approximate surface area is 117 Å². The Morgan fingerprint density at radius 2 is 2.32 bits per heavy atom. The molecule has 1 aromatic heterocycles. The van der Waals surface area contributed by atoms with Crippen molar-refractivity contribution in [1.29, 1.82) is 0 Å². The van der Waals surface area contributed by atoms with E-state index in [0.717, 1.165) is 24.6 Å². The van der Waals surface area contributed by atoms with Gasteiger partial charge in [0.05, 0.1) is 11.7 Å². The summed E-state index contributed by atoms with van der Waals surface area (Å²) in [6.45, 7) is 0.891. The molecule has 3 atom stereocenters. The van der Waals surface area contributed by atoms with Crippen LogP contribution in [0.5, 0.6) is 5.88 Å². The van der Waals surface area contributed by atoms with Crippen LogP contribution >= 0.6 is 11.7 Å². The number of rotatable bonds is 7. The minimum atomic E-state index is -0.581. The number of aliphatic hydroxyl groups excluding tert-OH is 2. The fraction of sp³-hybridized carbons (Fsp3) is 0.833. The highest BCUT2D eigenvalue weighted by Crippen LogP contribution is 2.23. The minimum Gasteiger partial charge on any atom is -0.473 e. The molecular formula is C12H21N3O3S. The number of hydrogen-bond acceptors (Lipinski definition) is 7. The van der Waals surface area contributed by atoms with Crippen LogP contribution in [0.1, 0.15) is 25.7 Å². The first-order chi connectivity index (χ1) is 9.29. The van der Waals surface area contributed by atoms with Crippen LogP contribution in [0, 0.1) is 5.92 Å². The van der Waals surface area contributed by atoms with Crippen molar-refractivity contribution in [2.75, 3.05) is 19.8 Å². The molecule has 0 aromatic carbocycles. The fourth-order valence-electron chi connectivity index (χ4n) is 2.44. The standard InChI is InChI=1S/C12H21N3O3S/c16-7-9-3-1-2-4-11(9)13-5-10(17)8-18-12-6-14-19-15-12/h6,9-11,13,16-17H,1-5,7-8H2. The summed E-state index contributed by atoms with van der Waals surface area (Å²) in [5, 5.41) is 22.5. The maximum atomic E-state index is 9.84. The normalized spacial score (nSPS) is 25.2. The van der Waals surface area contributed by atoms with Gasteiger partial charge in [-0.2, -0.15) is 4.37 Å². The number of nitrogens with one attached hydrogen (secondary N) is 1. The molecule has 2 rings (SSSR count). The third kappa shape index (κ3) is 4.68. The van der Waals surface area contributed by atoms with E-state index in [9.17, 15) is 10.2 Å². The topological polar surface area (TPSA) is 87.5 Å². The lowest BCUT2D eigenvalue weighted by Gasteiger charge is -2.31. The van der Waals surface area contributed by atoms with Crippen LogP contribution in [0.2, 0.25) is 0 Å².